The van der Waals surface area contributed by atoms with Crippen LogP contribution in [0.15, 0.2) is 0 Å². The Morgan fingerprint density at radius 2 is 0.875 bits per heavy atom. The van der Waals surface area contributed by atoms with Gasteiger partial charge in [0.1, 0.15) is 0 Å². The van der Waals surface area contributed by atoms with E-state index < -0.39 is 0 Å². The maximum Gasteiger partial charge on any atom is -0.0417 e. The zero-order chi connectivity index (χ0) is 12.2. The van der Waals surface area contributed by atoms with Crippen molar-refractivity contribution in [2.45, 2.75) is 91.9 Å². The van der Waals surface area contributed by atoms with Gasteiger partial charge >= 0.3 is 0 Å². The number of hydrogen-bond donors (Lipinski definition) is 0. The summed E-state index contributed by atoms with van der Waals surface area (Å²) in [7, 11) is 0. The normalized spacial score (nSPS) is 21.0. The second kappa shape index (κ2) is 11.5. The lowest BCUT2D eigenvalue weighted by Gasteiger charge is -1.99. The molecule has 0 nitrogen and oxygen atoms in total. The fourth-order valence-corrected chi connectivity index (χ4v) is 2.84. The van der Waals surface area contributed by atoms with Crippen LogP contribution in [0.5, 0.6) is 0 Å². The Hall–Kier alpha value is 0. The molecular formula is C16H34. The zero-order valence-corrected chi connectivity index (χ0v) is 12.2. The highest BCUT2D eigenvalue weighted by molar-refractivity contribution is 4.65. The molecule has 98 valence electrons. The van der Waals surface area contributed by atoms with Crippen LogP contribution in [0.4, 0.5) is 0 Å². The van der Waals surface area contributed by atoms with Crippen LogP contribution in [0, 0.1) is 11.8 Å². The summed E-state index contributed by atoms with van der Waals surface area (Å²) >= 11 is 0. The van der Waals surface area contributed by atoms with Crippen molar-refractivity contribution in [3.05, 3.63) is 0 Å². The predicted octanol–water partition coefficient (Wildman–Crippen LogP) is 6.20. The second-order valence-corrected chi connectivity index (χ2v) is 5.12. The van der Waals surface area contributed by atoms with E-state index in [0.717, 1.165) is 11.8 Å². The van der Waals surface area contributed by atoms with E-state index in [2.05, 4.69) is 13.8 Å². The molecule has 0 heteroatoms. The van der Waals surface area contributed by atoms with E-state index >= 15 is 0 Å². The van der Waals surface area contributed by atoms with Crippen LogP contribution in [0.1, 0.15) is 91.9 Å². The quantitative estimate of drug-likeness (QED) is 0.526. The first-order chi connectivity index (χ1) is 7.86. The molecule has 0 unspecified atom stereocenters. The molecule has 0 amide bonds. The van der Waals surface area contributed by atoms with Gasteiger partial charge in [-0.3, -0.25) is 0 Å². The minimum atomic E-state index is 1.10. The Balaban J connectivity index is 0.000000244. The van der Waals surface area contributed by atoms with Gasteiger partial charge < -0.3 is 0 Å². The van der Waals surface area contributed by atoms with E-state index in [0.29, 0.717) is 0 Å². The van der Waals surface area contributed by atoms with E-state index in [1.807, 2.05) is 13.8 Å². The van der Waals surface area contributed by atoms with Gasteiger partial charge in [-0.1, -0.05) is 91.9 Å². The summed E-state index contributed by atoms with van der Waals surface area (Å²) in [6.45, 7) is 8.60. The van der Waals surface area contributed by atoms with E-state index in [-0.39, 0.29) is 0 Å². The molecule has 2 rings (SSSR count). The van der Waals surface area contributed by atoms with Gasteiger partial charge in [0.25, 0.3) is 0 Å². The monoisotopic (exact) mass is 226 g/mol. The summed E-state index contributed by atoms with van der Waals surface area (Å²) in [6.07, 6.45) is 14.9. The second-order valence-electron chi connectivity index (χ2n) is 5.12. The number of hydrogen-bond acceptors (Lipinski definition) is 0. The van der Waals surface area contributed by atoms with Crippen LogP contribution in [0.25, 0.3) is 0 Å². The molecule has 2 fully saturated rings. The average Bonchev–Trinajstić information content (AvgIpc) is 3.05. The maximum absolute atomic E-state index is 2.30. The topological polar surface area (TPSA) is 0 Å². The van der Waals surface area contributed by atoms with E-state index in [4.69, 9.17) is 0 Å². The van der Waals surface area contributed by atoms with Crippen LogP contribution in [-0.4, -0.2) is 0 Å². The van der Waals surface area contributed by atoms with Crippen molar-refractivity contribution in [1.82, 2.24) is 0 Å². The zero-order valence-electron chi connectivity index (χ0n) is 12.2. The molecule has 0 N–H and O–H groups in total. The minimum Gasteiger partial charge on any atom is -0.0683 e. The van der Waals surface area contributed by atoms with Gasteiger partial charge in [-0.25, -0.2) is 0 Å². The van der Waals surface area contributed by atoms with Crippen molar-refractivity contribution in [3.8, 4) is 0 Å². The lowest BCUT2D eigenvalue weighted by Crippen LogP contribution is -1.86. The van der Waals surface area contributed by atoms with Crippen molar-refractivity contribution < 1.29 is 0 Å². The Bertz CT molecular complexity index is 100. The third kappa shape index (κ3) is 7.30. The molecule has 0 aromatic carbocycles. The van der Waals surface area contributed by atoms with E-state index in [1.165, 1.54) is 64.2 Å². The molecule has 0 aromatic heterocycles. The highest BCUT2D eigenvalue weighted by atomic mass is 14.2. The number of rotatable bonds is 2. The van der Waals surface area contributed by atoms with Crippen molar-refractivity contribution in [2.75, 3.05) is 0 Å². The van der Waals surface area contributed by atoms with Crippen molar-refractivity contribution in [1.29, 1.82) is 0 Å². The Kier molecular flexibility index (Phi) is 11.5. The van der Waals surface area contributed by atoms with Crippen LogP contribution in [0.3, 0.4) is 0 Å². The third-order valence-electron chi connectivity index (χ3n) is 4.10. The molecule has 0 spiro atoms. The molecule has 0 radical (unpaired) electrons. The molecular weight excluding hydrogens is 192 g/mol. The molecule has 0 saturated heterocycles. The van der Waals surface area contributed by atoms with Crippen LogP contribution < -0.4 is 0 Å². The lowest BCUT2D eigenvalue weighted by atomic mass is 10.1. The van der Waals surface area contributed by atoms with E-state index in [1.54, 1.807) is 0 Å². The standard InChI is InChI=1S/2C7H14.C2H6/c2*1-2-7-5-3-4-6-7;1-2/h2*7H,2-6H2,1H3;1-2H3. The van der Waals surface area contributed by atoms with E-state index in [9.17, 15) is 0 Å². The minimum absolute atomic E-state index is 1.10. The molecule has 16 heavy (non-hydrogen) atoms. The molecule has 0 atom stereocenters. The first kappa shape index (κ1) is 16.0. The highest BCUT2D eigenvalue weighted by Gasteiger charge is 2.11. The smallest absolute Gasteiger partial charge is 0.0417 e. The summed E-state index contributed by atoms with van der Waals surface area (Å²) in [6, 6.07) is 0. The Labute approximate surface area is 104 Å². The fourth-order valence-electron chi connectivity index (χ4n) is 2.84. The van der Waals surface area contributed by atoms with Crippen LogP contribution >= 0.6 is 0 Å². The molecule has 0 heterocycles. The third-order valence-corrected chi connectivity index (χ3v) is 4.10. The van der Waals surface area contributed by atoms with Gasteiger partial charge in [-0.05, 0) is 11.8 Å². The summed E-state index contributed by atoms with van der Waals surface area (Å²) in [5, 5.41) is 0. The molecule has 0 aromatic rings. The highest BCUT2D eigenvalue weighted by Crippen LogP contribution is 2.27. The summed E-state index contributed by atoms with van der Waals surface area (Å²) in [4.78, 5) is 0. The van der Waals surface area contributed by atoms with Crippen molar-refractivity contribution >= 4 is 0 Å². The van der Waals surface area contributed by atoms with Crippen molar-refractivity contribution in [3.63, 3.8) is 0 Å². The first-order valence-corrected chi connectivity index (χ1v) is 7.86. The van der Waals surface area contributed by atoms with Gasteiger partial charge in [0.05, 0.1) is 0 Å². The summed E-state index contributed by atoms with van der Waals surface area (Å²) < 4.78 is 0. The average molecular weight is 226 g/mol. The van der Waals surface area contributed by atoms with Gasteiger partial charge in [-0.2, -0.15) is 0 Å². The molecule has 2 saturated carbocycles. The fraction of sp³-hybridized carbons (Fsp3) is 1.00. The molecule has 0 aliphatic heterocycles. The lowest BCUT2D eigenvalue weighted by molar-refractivity contribution is 0.531. The largest absolute Gasteiger partial charge is 0.0683 e. The molecule has 2 aliphatic rings. The molecule has 0 bridgehead atoms. The van der Waals surface area contributed by atoms with Crippen molar-refractivity contribution in [2.24, 2.45) is 11.8 Å². The maximum atomic E-state index is 2.30. The molecule has 2 aliphatic carbocycles. The summed E-state index contributed by atoms with van der Waals surface area (Å²) in [5.41, 5.74) is 0. The van der Waals surface area contributed by atoms with Crippen LogP contribution in [-0.2, 0) is 0 Å². The van der Waals surface area contributed by atoms with Gasteiger partial charge in [0.2, 0.25) is 0 Å². The van der Waals surface area contributed by atoms with Gasteiger partial charge in [-0.15, -0.1) is 0 Å². The summed E-state index contributed by atoms with van der Waals surface area (Å²) in [5.74, 6) is 2.19. The van der Waals surface area contributed by atoms with Gasteiger partial charge in [0, 0.05) is 0 Å². The SMILES string of the molecule is CC.CCC1CCCC1.CCC1CCCC1. The Morgan fingerprint density at radius 1 is 0.625 bits per heavy atom. The van der Waals surface area contributed by atoms with Crippen LogP contribution in [0.2, 0.25) is 0 Å². The predicted molar refractivity (Wildman–Crippen MR) is 75.8 cm³/mol. The van der Waals surface area contributed by atoms with Gasteiger partial charge in [0.15, 0.2) is 0 Å². The Morgan fingerprint density at radius 3 is 1.00 bits per heavy atom. The first-order valence-electron chi connectivity index (χ1n) is 7.86.